The Hall–Kier alpha value is -2.57. The van der Waals surface area contributed by atoms with Crippen LogP contribution < -0.4 is 0 Å². The van der Waals surface area contributed by atoms with Gasteiger partial charge in [0.05, 0.1) is 11.5 Å². The Balaban J connectivity index is 1.69. The molecule has 6 heteroatoms. The van der Waals surface area contributed by atoms with Crippen LogP contribution in [-0.2, 0) is 20.9 Å². The molecule has 5 nitrogen and oxygen atoms in total. The van der Waals surface area contributed by atoms with Crippen LogP contribution in [0.4, 0.5) is 0 Å². The van der Waals surface area contributed by atoms with E-state index in [0.717, 1.165) is 41.6 Å². The number of aromatic nitrogens is 2. The Labute approximate surface area is 192 Å². The SMILES string of the molecule is CCCCC(CCC)c1ccnc(-c2ccc(COS(=O)(=O)c3ccc(C)cc3)cc2)n1. The van der Waals surface area contributed by atoms with Crippen LogP contribution in [0.2, 0.25) is 0 Å². The van der Waals surface area contributed by atoms with Gasteiger partial charge >= 0.3 is 0 Å². The Kier molecular flexibility index (Phi) is 8.53. The Morgan fingerprint density at radius 1 is 0.906 bits per heavy atom. The molecule has 1 aromatic heterocycles. The molecular weight excluding hydrogens is 420 g/mol. The molecule has 170 valence electrons. The normalized spacial score (nSPS) is 12.6. The van der Waals surface area contributed by atoms with Crippen LogP contribution >= 0.6 is 0 Å². The van der Waals surface area contributed by atoms with Gasteiger partial charge in [-0.25, -0.2) is 9.97 Å². The van der Waals surface area contributed by atoms with Crippen molar-refractivity contribution in [3.05, 3.63) is 77.6 Å². The number of benzene rings is 2. The molecule has 0 bridgehead atoms. The summed E-state index contributed by atoms with van der Waals surface area (Å²) < 4.78 is 30.0. The van der Waals surface area contributed by atoms with Gasteiger partial charge < -0.3 is 0 Å². The second kappa shape index (κ2) is 11.3. The lowest BCUT2D eigenvalue weighted by molar-refractivity contribution is 0.308. The van der Waals surface area contributed by atoms with Crippen molar-refractivity contribution in [1.29, 1.82) is 0 Å². The molecule has 1 unspecified atom stereocenters. The largest absolute Gasteiger partial charge is 0.297 e. The highest BCUT2D eigenvalue weighted by molar-refractivity contribution is 7.86. The number of unbranched alkanes of at least 4 members (excludes halogenated alkanes) is 1. The van der Waals surface area contributed by atoms with Crippen LogP contribution in [-0.4, -0.2) is 18.4 Å². The molecule has 32 heavy (non-hydrogen) atoms. The molecule has 1 heterocycles. The molecule has 2 aromatic carbocycles. The van der Waals surface area contributed by atoms with E-state index in [4.69, 9.17) is 9.17 Å². The topological polar surface area (TPSA) is 69.2 Å². The minimum Gasteiger partial charge on any atom is -0.262 e. The van der Waals surface area contributed by atoms with Crippen molar-refractivity contribution >= 4 is 10.1 Å². The van der Waals surface area contributed by atoms with Crippen LogP contribution in [0.15, 0.2) is 65.7 Å². The van der Waals surface area contributed by atoms with Crippen LogP contribution in [0, 0.1) is 6.92 Å². The molecule has 0 saturated carbocycles. The number of hydrogen-bond donors (Lipinski definition) is 0. The first-order valence-electron chi connectivity index (χ1n) is 11.3. The van der Waals surface area contributed by atoms with Crippen molar-refractivity contribution in [2.75, 3.05) is 0 Å². The highest BCUT2D eigenvalue weighted by Gasteiger charge is 2.16. The van der Waals surface area contributed by atoms with E-state index < -0.39 is 10.1 Å². The smallest absolute Gasteiger partial charge is 0.262 e. The lowest BCUT2D eigenvalue weighted by atomic mass is 9.93. The van der Waals surface area contributed by atoms with E-state index in [9.17, 15) is 8.42 Å². The average molecular weight is 453 g/mol. The fourth-order valence-electron chi connectivity index (χ4n) is 3.65. The van der Waals surface area contributed by atoms with Gasteiger partial charge in [-0.2, -0.15) is 8.42 Å². The summed E-state index contributed by atoms with van der Waals surface area (Å²) in [6.45, 7) is 6.31. The molecule has 0 aliphatic rings. The van der Waals surface area contributed by atoms with E-state index in [2.05, 4.69) is 18.8 Å². The summed E-state index contributed by atoms with van der Waals surface area (Å²) >= 11 is 0. The van der Waals surface area contributed by atoms with Gasteiger partial charge in [0, 0.05) is 23.4 Å². The molecule has 0 amide bonds. The zero-order valence-corrected chi connectivity index (χ0v) is 19.9. The number of hydrogen-bond acceptors (Lipinski definition) is 5. The maximum Gasteiger partial charge on any atom is 0.297 e. The minimum atomic E-state index is -3.79. The second-order valence-corrected chi connectivity index (χ2v) is 9.77. The van der Waals surface area contributed by atoms with E-state index in [1.54, 1.807) is 24.3 Å². The summed E-state index contributed by atoms with van der Waals surface area (Å²) in [5.41, 5.74) is 3.77. The summed E-state index contributed by atoms with van der Waals surface area (Å²) in [5.74, 6) is 1.15. The first-order chi connectivity index (χ1) is 15.4. The lowest BCUT2D eigenvalue weighted by Crippen LogP contribution is -2.06. The zero-order valence-electron chi connectivity index (χ0n) is 19.1. The van der Waals surface area contributed by atoms with Crippen molar-refractivity contribution in [1.82, 2.24) is 9.97 Å². The minimum absolute atomic E-state index is 0.0209. The standard InChI is InChI=1S/C26H32N2O3S/c1-4-6-8-22(7-5-2)25-17-18-27-26(28-25)23-13-11-21(12-14-23)19-31-32(29,30)24-15-9-20(3)10-16-24/h9-18,22H,4-8,19H2,1-3H3. The Morgan fingerprint density at radius 3 is 2.28 bits per heavy atom. The summed E-state index contributed by atoms with van der Waals surface area (Å²) in [4.78, 5) is 9.46. The second-order valence-electron chi connectivity index (χ2n) is 8.16. The Bertz CT molecular complexity index is 1090. The molecule has 0 radical (unpaired) electrons. The summed E-state index contributed by atoms with van der Waals surface area (Å²) in [6, 6.07) is 16.2. The fraction of sp³-hybridized carbons (Fsp3) is 0.385. The third-order valence-electron chi connectivity index (χ3n) is 5.54. The van der Waals surface area contributed by atoms with Gasteiger partial charge in [-0.05, 0) is 43.5 Å². The van der Waals surface area contributed by atoms with Crippen molar-refractivity contribution in [3.63, 3.8) is 0 Å². The maximum absolute atomic E-state index is 12.4. The van der Waals surface area contributed by atoms with Gasteiger partial charge in [-0.3, -0.25) is 4.18 Å². The lowest BCUT2D eigenvalue weighted by Gasteiger charge is -2.16. The van der Waals surface area contributed by atoms with Gasteiger partial charge in [0.15, 0.2) is 5.82 Å². The first kappa shape index (κ1) is 24.1. The quantitative estimate of drug-likeness (QED) is 0.314. The number of rotatable bonds is 11. The van der Waals surface area contributed by atoms with E-state index in [1.807, 2.05) is 43.5 Å². The van der Waals surface area contributed by atoms with Crippen molar-refractivity contribution in [3.8, 4) is 11.4 Å². The number of aryl methyl sites for hydroxylation is 1. The molecule has 0 spiro atoms. The average Bonchev–Trinajstić information content (AvgIpc) is 2.81. The van der Waals surface area contributed by atoms with Gasteiger partial charge in [-0.1, -0.05) is 75.1 Å². The molecule has 3 aromatic rings. The molecule has 1 atom stereocenters. The predicted octanol–water partition coefficient (Wildman–Crippen LogP) is 6.43. The molecule has 0 aliphatic heterocycles. The monoisotopic (exact) mass is 452 g/mol. The highest BCUT2D eigenvalue weighted by Crippen LogP contribution is 2.27. The highest BCUT2D eigenvalue weighted by atomic mass is 32.2. The Morgan fingerprint density at radius 2 is 1.62 bits per heavy atom. The third-order valence-corrected chi connectivity index (χ3v) is 6.82. The van der Waals surface area contributed by atoms with Gasteiger partial charge in [0.1, 0.15) is 0 Å². The molecule has 0 aliphatic carbocycles. The molecular formula is C26H32N2O3S. The van der Waals surface area contributed by atoms with Crippen LogP contribution in [0.1, 0.15) is 68.7 Å². The van der Waals surface area contributed by atoms with Crippen LogP contribution in [0.5, 0.6) is 0 Å². The van der Waals surface area contributed by atoms with E-state index >= 15 is 0 Å². The zero-order chi connectivity index (χ0) is 23.0. The molecule has 0 fully saturated rings. The first-order valence-corrected chi connectivity index (χ1v) is 12.7. The van der Waals surface area contributed by atoms with Crippen LogP contribution in [0.25, 0.3) is 11.4 Å². The van der Waals surface area contributed by atoms with E-state index in [1.165, 1.54) is 12.8 Å². The van der Waals surface area contributed by atoms with Crippen molar-refractivity contribution < 1.29 is 12.6 Å². The van der Waals surface area contributed by atoms with Gasteiger partial charge in [0.25, 0.3) is 10.1 Å². The summed E-state index contributed by atoms with van der Waals surface area (Å²) in [5, 5.41) is 0. The van der Waals surface area contributed by atoms with E-state index in [-0.39, 0.29) is 11.5 Å². The summed E-state index contributed by atoms with van der Waals surface area (Å²) in [6.07, 6.45) is 7.62. The maximum atomic E-state index is 12.4. The number of nitrogens with zero attached hydrogens (tertiary/aromatic N) is 2. The van der Waals surface area contributed by atoms with Crippen LogP contribution in [0.3, 0.4) is 0 Å². The molecule has 3 rings (SSSR count). The molecule has 0 N–H and O–H groups in total. The summed E-state index contributed by atoms with van der Waals surface area (Å²) in [7, 11) is -3.79. The molecule has 0 saturated heterocycles. The fourth-order valence-corrected chi connectivity index (χ4v) is 4.54. The van der Waals surface area contributed by atoms with Gasteiger partial charge in [-0.15, -0.1) is 0 Å². The van der Waals surface area contributed by atoms with Crippen molar-refractivity contribution in [2.24, 2.45) is 0 Å². The van der Waals surface area contributed by atoms with E-state index in [0.29, 0.717) is 11.7 Å². The van der Waals surface area contributed by atoms with Gasteiger partial charge in [0.2, 0.25) is 0 Å². The third kappa shape index (κ3) is 6.47. The predicted molar refractivity (Wildman–Crippen MR) is 128 cm³/mol. The van der Waals surface area contributed by atoms with Crippen molar-refractivity contribution in [2.45, 2.75) is 70.3 Å².